The molecule has 0 atom stereocenters. The number of carboxylic acids is 1. The van der Waals surface area contributed by atoms with Gasteiger partial charge in [-0.1, -0.05) is 22.9 Å². The molecule has 0 amide bonds. The van der Waals surface area contributed by atoms with E-state index < -0.39 is 5.97 Å². The number of carboxylic acid groups (broad SMARTS) is 1. The van der Waals surface area contributed by atoms with Gasteiger partial charge in [0.05, 0.1) is 0 Å². The fraction of sp³-hybridized carbons (Fsp3) is 0.636. The van der Waals surface area contributed by atoms with Crippen LogP contribution in [0.2, 0.25) is 5.15 Å². The van der Waals surface area contributed by atoms with Gasteiger partial charge in [0, 0.05) is 12.6 Å². The maximum absolute atomic E-state index is 10.9. The van der Waals surface area contributed by atoms with E-state index in [1.54, 1.807) is 0 Å². The number of hydrogen-bond acceptors (Lipinski definition) is 4. The van der Waals surface area contributed by atoms with E-state index in [4.69, 9.17) is 16.7 Å². The monoisotopic (exact) mass is 274 g/mol. The summed E-state index contributed by atoms with van der Waals surface area (Å²) in [6.07, 6.45) is 2.52. The molecular weight excluding hydrogens is 260 g/mol. The molecule has 0 bridgehead atoms. The van der Waals surface area contributed by atoms with Crippen molar-refractivity contribution >= 4 is 34.0 Å². The van der Waals surface area contributed by atoms with E-state index in [0.717, 1.165) is 23.8 Å². The molecule has 1 aromatic heterocycles. The van der Waals surface area contributed by atoms with E-state index in [9.17, 15) is 4.79 Å². The van der Waals surface area contributed by atoms with Crippen molar-refractivity contribution in [2.45, 2.75) is 32.7 Å². The second kappa shape index (κ2) is 4.82. The molecule has 0 unspecified atom stereocenters. The summed E-state index contributed by atoms with van der Waals surface area (Å²) in [7, 11) is 0. The highest BCUT2D eigenvalue weighted by Gasteiger charge is 2.28. The van der Waals surface area contributed by atoms with E-state index in [0.29, 0.717) is 11.2 Å². The number of hydrogen-bond donors (Lipinski definition) is 1. The molecule has 1 fully saturated rings. The molecule has 1 aliphatic rings. The molecule has 6 heteroatoms. The molecule has 2 rings (SSSR count). The Morgan fingerprint density at radius 2 is 2.29 bits per heavy atom. The Hall–Kier alpha value is -0.810. The molecule has 0 aromatic carbocycles. The number of rotatable bonds is 5. The molecular formula is C11H15ClN2O2S. The lowest BCUT2D eigenvalue weighted by atomic mass is 10.3. The van der Waals surface area contributed by atoms with Gasteiger partial charge in [0.2, 0.25) is 0 Å². The molecule has 1 aromatic rings. The van der Waals surface area contributed by atoms with Gasteiger partial charge in [-0.25, -0.2) is 9.78 Å². The van der Waals surface area contributed by atoms with Crippen LogP contribution in [0.15, 0.2) is 0 Å². The summed E-state index contributed by atoms with van der Waals surface area (Å²) in [5.41, 5.74) is 0. The predicted molar refractivity (Wildman–Crippen MR) is 69.3 cm³/mol. The number of nitrogens with zero attached hydrogens (tertiary/aromatic N) is 2. The first-order valence-corrected chi connectivity index (χ1v) is 6.84. The molecule has 1 aliphatic carbocycles. The minimum absolute atomic E-state index is 0.0962. The number of halogens is 1. The summed E-state index contributed by atoms with van der Waals surface area (Å²) in [6.45, 7) is 5.11. The fourth-order valence-electron chi connectivity index (χ4n) is 1.63. The van der Waals surface area contributed by atoms with Crippen LogP contribution in [-0.2, 0) is 0 Å². The van der Waals surface area contributed by atoms with Crippen LogP contribution in [-0.4, -0.2) is 28.6 Å². The van der Waals surface area contributed by atoms with E-state index in [1.807, 2.05) is 0 Å². The smallest absolute Gasteiger partial charge is 0.349 e. The molecule has 0 aliphatic heterocycles. The zero-order valence-corrected chi connectivity index (χ0v) is 11.4. The lowest BCUT2D eigenvalue weighted by Crippen LogP contribution is -2.32. The molecule has 1 heterocycles. The molecule has 94 valence electrons. The van der Waals surface area contributed by atoms with Crippen LogP contribution >= 0.6 is 22.9 Å². The van der Waals surface area contributed by atoms with Crippen molar-refractivity contribution in [1.82, 2.24) is 4.98 Å². The molecule has 4 nitrogen and oxygen atoms in total. The van der Waals surface area contributed by atoms with Gasteiger partial charge in [0.15, 0.2) is 15.2 Å². The van der Waals surface area contributed by atoms with Crippen LogP contribution in [0.5, 0.6) is 0 Å². The number of thiazole rings is 1. The zero-order valence-electron chi connectivity index (χ0n) is 9.81. The average Bonchev–Trinajstić information content (AvgIpc) is 2.97. The average molecular weight is 275 g/mol. The van der Waals surface area contributed by atoms with Gasteiger partial charge in [0.25, 0.3) is 0 Å². The first-order valence-electron chi connectivity index (χ1n) is 5.65. The highest BCUT2D eigenvalue weighted by molar-refractivity contribution is 7.18. The second-order valence-corrected chi connectivity index (χ2v) is 5.95. The minimum Gasteiger partial charge on any atom is -0.477 e. The summed E-state index contributed by atoms with van der Waals surface area (Å²) in [4.78, 5) is 17.4. The number of aromatic nitrogens is 1. The van der Waals surface area contributed by atoms with Crippen LogP contribution in [0.3, 0.4) is 0 Å². The number of carbonyl (C=O) groups is 1. The largest absolute Gasteiger partial charge is 0.477 e. The van der Waals surface area contributed by atoms with E-state index in [1.165, 1.54) is 12.8 Å². The van der Waals surface area contributed by atoms with Crippen molar-refractivity contribution in [2.75, 3.05) is 11.4 Å². The van der Waals surface area contributed by atoms with Crippen LogP contribution in [0, 0.1) is 5.92 Å². The molecule has 1 N–H and O–H groups in total. The lowest BCUT2D eigenvalue weighted by molar-refractivity contribution is 0.0702. The maximum Gasteiger partial charge on any atom is 0.349 e. The topological polar surface area (TPSA) is 53.4 Å². The van der Waals surface area contributed by atoms with Gasteiger partial charge in [0.1, 0.15) is 0 Å². The molecule has 0 saturated heterocycles. The minimum atomic E-state index is -1.01. The lowest BCUT2D eigenvalue weighted by Gasteiger charge is -2.25. The molecule has 0 radical (unpaired) electrons. The van der Waals surface area contributed by atoms with Gasteiger partial charge in [-0.15, -0.1) is 0 Å². The zero-order chi connectivity index (χ0) is 12.6. The SMILES string of the molecule is CC(C)N(CC1CC1)c1nc(Cl)c(C(=O)O)s1. The highest BCUT2D eigenvalue weighted by Crippen LogP contribution is 2.35. The van der Waals surface area contributed by atoms with Crippen molar-refractivity contribution in [3.05, 3.63) is 10.0 Å². The molecule has 1 saturated carbocycles. The summed E-state index contributed by atoms with van der Waals surface area (Å²) in [6, 6.07) is 0.305. The molecule has 0 spiro atoms. The van der Waals surface area contributed by atoms with Gasteiger partial charge < -0.3 is 10.0 Å². The third-order valence-electron chi connectivity index (χ3n) is 2.79. The fourth-order valence-corrected chi connectivity index (χ4v) is 2.90. The third kappa shape index (κ3) is 2.90. The first kappa shape index (κ1) is 12.6. The summed E-state index contributed by atoms with van der Waals surface area (Å²) in [5.74, 6) is -0.276. The standard InChI is InChI=1S/C11H15ClN2O2S/c1-6(2)14(5-7-3-4-7)11-13-9(12)8(17-11)10(15)16/h6-7H,3-5H2,1-2H3,(H,15,16). The summed E-state index contributed by atoms with van der Waals surface area (Å²) >= 11 is 6.99. The van der Waals surface area contributed by atoms with Crippen molar-refractivity contribution in [3.63, 3.8) is 0 Å². The maximum atomic E-state index is 10.9. The number of aromatic carboxylic acids is 1. The van der Waals surface area contributed by atoms with E-state index in [-0.39, 0.29) is 10.0 Å². The van der Waals surface area contributed by atoms with Gasteiger partial charge in [-0.3, -0.25) is 0 Å². The van der Waals surface area contributed by atoms with Crippen molar-refractivity contribution in [3.8, 4) is 0 Å². The van der Waals surface area contributed by atoms with Gasteiger partial charge in [-0.05, 0) is 32.6 Å². The Labute approximate surface area is 109 Å². The van der Waals surface area contributed by atoms with Crippen LogP contribution in [0.25, 0.3) is 0 Å². The number of anilines is 1. The van der Waals surface area contributed by atoms with Crippen LogP contribution in [0.1, 0.15) is 36.4 Å². The highest BCUT2D eigenvalue weighted by atomic mass is 35.5. The van der Waals surface area contributed by atoms with Crippen molar-refractivity contribution in [2.24, 2.45) is 5.92 Å². The Morgan fingerprint density at radius 3 is 2.71 bits per heavy atom. The van der Waals surface area contributed by atoms with Crippen LogP contribution in [0.4, 0.5) is 5.13 Å². The van der Waals surface area contributed by atoms with Crippen molar-refractivity contribution < 1.29 is 9.90 Å². The Kier molecular flexibility index (Phi) is 3.58. The van der Waals surface area contributed by atoms with Gasteiger partial charge in [-0.2, -0.15) is 0 Å². The Bertz CT molecular complexity index is 429. The normalized spacial score (nSPS) is 15.3. The first-order chi connectivity index (χ1) is 7.99. The molecule has 17 heavy (non-hydrogen) atoms. The van der Waals surface area contributed by atoms with Crippen LogP contribution < -0.4 is 4.90 Å². The van der Waals surface area contributed by atoms with Crippen molar-refractivity contribution in [1.29, 1.82) is 0 Å². The van der Waals surface area contributed by atoms with E-state index >= 15 is 0 Å². The van der Waals surface area contributed by atoms with Gasteiger partial charge >= 0.3 is 5.97 Å². The Morgan fingerprint density at radius 1 is 1.65 bits per heavy atom. The third-order valence-corrected chi connectivity index (χ3v) is 4.26. The van der Waals surface area contributed by atoms with E-state index in [2.05, 4.69) is 23.7 Å². The quantitative estimate of drug-likeness (QED) is 0.896. The summed E-state index contributed by atoms with van der Waals surface area (Å²) < 4.78 is 0. The predicted octanol–water partition coefficient (Wildman–Crippen LogP) is 3.12. The summed E-state index contributed by atoms with van der Waals surface area (Å²) in [5, 5.41) is 9.77. The Balaban J connectivity index is 2.22. The second-order valence-electron chi connectivity index (χ2n) is 4.61.